The smallest absolute Gasteiger partial charge is 0.191 e. The molecule has 0 saturated carbocycles. The third-order valence-electron chi connectivity index (χ3n) is 5.80. The molecule has 6 nitrogen and oxygen atoms in total. The molecule has 0 aliphatic carbocycles. The molecule has 1 aromatic heterocycles. The maximum absolute atomic E-state index is 4.61. The van der Waals surface area contributed by atoms with E-state index in [1.165, 1.54) is 34.1 Å². The van der Waals surface area contributed by atoms with Gasteiger partial charge in [-0.25, -0.2) is 4.98 Å². The monoisotopic (exact) mass is 428 g/mol. The molecule has 2 N–H and O–H groups in total. The maximum Gasteiger partial charge on any atom is 0.191 e. The van der Waals surface area contributed by atoms with Crippen LogP contribution in [0.2, 0.25) is 0 Å². The number of thiazole rings is 1. The fourth-order valence-electron chi connectivity index (χ4n) is 3.72. The molecule has 0 bridgehead atoms. The van der Waals surface area contributed by atoms with Crippen LogP contribution in [0.5, 0.6) is 0 Å². The highest BCUT2D eigenvalue weighted by Crippen LogP contribution is 2.16. The van der Waals surface area contributed by atoms with E-state index in [2.05, 4.69) is 75.4 Å². The molecule has 1 fully saturated rings. The van der Waals surface area contributed by atoms with Gasteiger partial charge in [0.25, 0.3) is 0 Å². The molecule has 1 saturated heterocycles. The molecule has 0 amide bonds. The number of likely N-dealkylation sites (N-methyl/N-ethyl adjacent to an activating group) is 1. The van der Waals surface area contributed by atoms with E-state index in [9.17, 15) is 0 Å². The van der Waals surface area contributed by atoms with Crippen LogP contribution in [-0.4, -0.2) is 67.1 Å². The van der Waals surface area contributed by atoms with Crippen LogP contribution < -0.4 is 10.6 Å². The maximum atomic E-state index is 4.61. The lowest BCUT2D eigenvalue weighted by atomic mass is 10.1. The molecule has 30 heavy (non-hydrogen) atoms. The SMILES string of the molecule is CCN1CCN(Cc2ccccc2CNC(=NC)NCCc2nc(C)c(C)s2)CC1. The van der Waals surface area contributed by atoms with Crippen LogP contribution >= 0.6 is 11.3 Å². The van der Waals surface area contributed by atoms with Crippen molar-refractivity contribution in [1.82, 2.24) is 25.4 Å². The zero-order valence-corrected chi connectivity index (χ0v) is 19.7. The van der Waals surface area contributed by atoms with Gasteiger partial charge in [0.1, 0.15) is 0 Å². The van der Waals surface area contributed by atoms with Crippen molar-refractivity contribution >= 4 is 17.3 Å². The summed E-state index contributed by atoms with van der Waals surface area (Å²) in [5.74, 6) is 0.839. The molecule has 0 unspecified atom stereocenters. The highest BCUT2D eigenvalue weighted by molar-refractivity contribution is 7.11. The number of nitrogens with zero attached hydrogens (tertiary/aromatic N) is 4. The minimum Gasteiger partial charge on any atom is -0.356 e. The molecule has 2 heterocycles. The van der Waals surface area contributed by atoms with Gasteiger partial charge in [0.15, 0.2) is 5.96 Å². The number of guanidine groups is 1. The highest BCUT2D eigenvalue weighted by atomic mass is 32.1. The molecule has 3 rings (SSSR count). The summed E-state index contributed by atoms with van der Waals surface area (Å²) >= 11 is 1.78. The summed E-state index contributed by atoms with van der Waals surface area (Å²) in [7, 11) is 1.83. The number of benzene rings is 1. The minimum absolute atomic E-state index is 0.778. The van der Waals surface area contributed by atoms with E-state index in [-0.39, 0.29) is 0 Å². The average Bonchev–Trinajstić information content (AvgIpc) is 3.09. The van der Waals surface area contributed by atoms with Gasteiger partial charge in [0.2, 0.25) is 0 Å². The molecule has 1 aliphatic heterocycles. The normalized spacial score (nSPS) is 16.1. The van der Waals surface area contributed by atoms with Crippen molar-refractivity contribution in [3.63, 3.8) is 0 Å². The van der Waals surface area contributed by atoms with Gasteiger partial charge in [-0.15, -0.1) is 11.3 Å². The molecular formula is C23H36N6S. The Kier molecular flexibility index (Phi) is 8.66. The Morgan fingerprint density at radius 3 is 2.40 bits per heavy atom. The Labute approximate surface area is 185 Å². The van der Waals surface area contributed by atoms with Crippen molar-refractivity contribution in [2.75, 3.05) is 46.3 Å². The zero-order chi connectivity index (χ0) is 21.3. The van der Waals surface area contributed by atoms with Gasteiger partial charge in [-0.1, -0.05) is 31.2 Å². The second kappa shape index (κ2) is 11.4. The van der Waals surface area contributed by atoms with E-state index in [1.807, 2.05) is 7.05 Å². The van der Waals surface area contributed by atoms with Crippen molar-refractivity contribution in [3.05, 3.63) is 51.0 Å². The lowest BCUT2D eigenvalue weighted by molar-refractivity contribution is 0.131. The number of aryl methyl sites for hydroxylation is 2. The summed E-state index contributed by atoms with van der Waals surface area (Å²) in [6.07, 6.45) is 0.917. The zero-order valence-electron chi connectivity index (χ0n) is 18.9. The first kappa shape index (κ1) is 22.7. The van der Waals surface area contributed by atoms with E-state index in [1.54, 1.807) is 11.3 Å². The van der Waals surface area contributed by atoms with Gasteiger partial charge in [-0.2, -0.15) is 0 Å². The molecule has 1 aromatic carbocycles. The summed E-state index contributed by atoms with van der Waals surface area (Å²) in [6.45, 7) is 14.9. The van der Waals surface area contributed by atoms with Crippen molar-refractivity contribution < 1.29 is 0 Å². The molecule has 164 valence electrons. The second-order valence-corrected chi connectivity index (χ2v) is 9.12. The van der Waals surface area contributed by atoms with E-state index in [4.69, 9.17) is 0 Å². The topological polar surface area (TPSA) is 55.8 Å². The molecular weight excluding hydrogens is 392 g/mol. The first-order valence-electron chi connectivity index (χ1n) is 11.0. The second-order valence-electron chi connectivity index (χ2n) is 7.83. The third kappa shape index (κ3) is 6.52. The summed E-state index contributed by atoms with van der Waals surface area (Å²) in [5.41, 5.74) is 3.88. The van der Waals surface area contributed by atoms with Gasteiger partial charge in [0, 0.05) is 64.2 Å². The fraction of sp³-hybridized carbons (Fsp3) is 0.565. The average molecular weight is 429 g/mol. The van der Waals surface area contributed by atoms with Crippen molar-refractivity contribution in [2.24, 2.45) is 4.99 Å². The Balaban J connectivity index is 1.48. The van der Waals surface area contributed by atoms with Gasteiger partial charge < -0.3 is 15.5 Å². The largest absolute Gasteiger partial charge is 0.356 e. The van der Waals surface area contributed by atoms with Crippen LogP contribution in [-0.2, 0) is 19.5 Å². The van der Waals surface area contributed by atoms with Crippen molar-refractivity contribution in [3.8, 4) is 0 Å². The number of aliphatic imine (C=N–C) groups is 1. The quantitative estimate of drug-likeness (QED) is 0.500. The van der Waals surface area contributed by atoms with E-state index in [0.717, 1.165) is 57.3 Å². The first-order chi connectivity index (χ1) is 14.6. The Bertz CT molecular complexity index is 803. The van der Waals surface area contributed by atoms with Crippen LogP contribution in [0.1, 0.15) is 33.6 Å². The molecule has 0 spiro atoms. The number of hydrogen-bond donors (Lipinski definition) is 2. The summed E-state index contributed by atoms with van der Waals surface area (Å²) in [4.78, 5) is 15.4. The Morgan fingerprint density at radius 2 is 1.77 bits per heavy atom. The van der Waals surface area contributed by atoms with Crippen LogP contribution in [0.25, 0.3) is 0 Å². The summed E-state index contributed by atoms with van der Waals surface area (Å²) < 4.78 is 0. The third-order valence-corrected chi connectivity index (χ3v) is 6.93. The first-order valence-corrected chi connectivity index (χ1v) is 11.8. The lowest BCUT2D eigenvalue weighted by Crippen LogP contribution is -2.45. The number of piperazine rings is 1. The molecule has 0 radical (unpaired) electrons. The van der Waals surface area contributed by atoms with Gasteiger partial charge in [0.05, 0.1) is 10.7 Å². The fourth-order valence-corrected chi connectivity index (χ4v) is 4.66. The molecule has 7 heteroatoms. The number of rotatable bonds is 8. The Hall–Kier alpha value is -1.96. The van der Waals surface area contributed by atoms with Crippen LogP contribution in [0.3, 0.4) is 0 Å². The van der Waals surface area contributed by atoms with E-state index in [0.29, 0.717) is 0 Å². The molecule has 0 atom stereocenters. The number of nitrogens with one attached hydrogen (secondary N) is 2. The standard InChI is InChI=1S/C23H36N6S/c1-5-28-12-14-29(15-13-28)17-21-9-7-6-8-20(21)16-26-23(24-4)25-11-10-22-27-18(2)19(3)30-22/h6-9H,5,10-17H2,1-4H3,(H2,24,25,26). The van der Waals surface area contributed by atoms with Gasteiger partial charge in [-0.3, -0.25) is 9.89 Å². The lowest BCUT2D eigenvalue weighted by Gasteiger charge is -2.34. The van der Waals surface area contributed by atoms with Crippen LogP contribution in [0, 0.1) is 13.8 Å². The van der Waals surface area contributed by atoms with Crippen molar-refractivity contribution in [2.45, 2.75) is 40.3 Å². The number of aromatic nitrogens is 1. The summed E-state index contributed by atoms with van der Waals surface area (Å²) in [5, 5.41) is 8.08. The van der Waals surface area contributed by atoms with Crippen LogP contribution in [0.4, 0.5) is 0 Å². The Morgan fingerprint density at radius 1 is 1.07 bits per heavy atom. The minimum atomic E-state index is 0.778. The summed E-state index contributed by atoms with van der Waals surface area (Å²) in [6, 6.07) is 8.75. The molecule has 1 aliphatic rings. The van der Waals surface area contributed by atoms with E-state index >= 15 is 0 Å². The highest BCUT2D eigenvalue weighted by Gasteiger charge is 2.16. The number of hydrogen-bond acceptors (Lipinski definition) is 5. The van der Waals surface area contributed by atoms with Gasteiger partial charge >= 0.3 is 0 Å². The predicted molar refractivity (Wildman–Crippen MR) is 127 cm³/mol. The predicted octanol–water partition coefficient (Wildman–Crippen LogP) is 2.81. The molecule has 2 aromatic rings. The van der Waals surface area contributed by atoms with Crippen LogP contribution in [0.15, 0.2) is 29.3 Å². The van der Waals surface area contributed by atoms with E-state index < -0.39 is 0 Å². The van der Waals surface area contributed by atoms with Crippen molar-refractivity contribution in [1.29, 1.82) is 0 Å². The van der Waals surface area contributed by atoms with Gasteiger partial charge in [-0.05, 0) is 31.5 Å².